The number of fused-ring (bicyclic) bond motifs is 1. The molecule has 2 aliphatic rings. The lowest BCUT2D eigenvalue weighted by atomic mass is 10.1. The highest BCUT2D eigenvalue weighted by Crippen LogP contribution is 2.16. The Bertz CT molecular complexity index is 666. The normalized spacial score (nSPS) is 19.0. The van der Waals surface area contributed by atoms with E-state index in [1.807, 2.05) is 36.4 Å². The first kappa shape index (κ1) is 19.8. The Hall–Kier alpha value is -1.93. The van der Waals surface area contributed by atoms with E-state index in [1.165, 1.54) is 0 Å². The van der Waals surface area contributed by atoms with E-state index in [2.05, 4.69) is 15.3 Å². The van der Waals surface area contributed by atoms with Gasteiger partial charge in [0.2, 0.25) is 11.8 Å². The summed E-state index contributed by atoms with van der Waals surface area (Å²) in [6.07, 6.45) is 0. The molecule has 3 heterocycles. The molecule has 0 unspecified atom stereocenters. The van der Waals surface area contributed by atoms with E-state index in [-0.39, 0.29) is 23.7 Å². The number of carbonyl (C=O) groups excluding carboxylic acids is 2. The molecule has 3 rings (SSSR count). The van der Waals surface area contributed by atoms with E-state index in [1.54, 1.807) is 0 Å². The van der Waals surface area contributed by atoms with Crippen molar-refractivity contribution in [2.24, 2.45) is 11.8 Å². The van der Waals surface area contributed by atoms with Gasteiger partial charge in [-0.15, -0.1) is 0 Å². The summed E-state index contributed by atoms with van der Waals surface area (Å²) in [7, 11) is 0. The van der Waals surface area contributed by atoms with Gasteiger partial charge in [-0.05, 0) is 6.07 Å². The number of hydrogen-bond donors (Lipinski definition) is 1. The molecule has 150 valence electrons. The minimum Gasteiger partial charge on any atom is -0.379 e. The summed E-state index contributed by atoms with van der Waals surface area (Å²) in [5.74, 6) is 0.156. The minimum absolute atomic E-state index is 0.00573. The van der Waals surface area contributed by atoms with Gasteiger partial charge in [0, 0.05) is 38.0 Å². The van der Waals surface area contributed by atoms with Gasteiger partial charge in [0.1, 0.15) is 0 Å². The van der Waals surface area contributed by atoms with Gasteiger partial charge in [-0.1, -0.05) is 20.8 Å². The maximum absolute atomic E-state index is 12.4. The second kappa shape index (κ2) is 8.84. The summed E-state index contributed by atoms with van der Waals surface area (Å²) in [6, 6.07) is 1.99. The Kier molecular flexibility index (Phi) is 6.49. The number of aromatic nitrogens is 2. The van der Waals surface area contributed by atoms with Crippen LogP contribution in [0.4, 0.5) is 0 Å². The summed E-state index contributed by atoms with van der Waals surface area (Å²) in [4.78, 5) is 28.7. The molecule has 0 radical (unpaired) electrons. The van der Waals surface area contributed by atoms with E-state index in [0.717, 1.165) is 44.2 Å². The molecule has 1 saturated heterocycles. The maximum atomic E-state index is 12.4. The van der Waals surface area contributed by atoms with Crippen LogP contribution < -0.4 is 5.32 Å². The van der Waals surface area contributed by atoms with Crippen LogP contribution in [0.15, 0.2) is 6.07 Å². The lowest BCUT2D eigenvalue weighted by molar-refractivity contribution is -0.136. The number of ether oxygens (including phenoxy) is 1. The highest BCUT2D eigenvalue weighted by molar-refractivity contribution is 5.78. The average molecular weight is 377 g/mol. The summed E-state index contributed by atoms with van der Waals surface area (Å²) in [5.41, 5.74) is 1.87. The molecule has 1 fully saturated rings. The number of nitrogens with one attached hydrogen (secondary N) is 1. The summed E-state index contributed by atoms with van der Waals surface area (Å²) >= 11 is 0. The van der Waals surface area contributed by atoms with E-state index in [0.29, 0.717) is 26.2 Å². The predicted octanol–water partition coefficient (Wildman–Crippen LogP) is 0.466. The van der Waals surface area contributed by atoms with Gasteiger partial charge >= 0.3 is 0 Å². The topological polar surface area (TPSA) is 79.7 Å². The van der Waals surface area contributed by atoms with Crippen molar-refractivity contribution in [1.29, 1.82) is 0 Å². The standard InChI is InChI=1S/C19H31N5O3/c1-14(2)19(26)23-4-5-24-17(13-23)10-16(21-24)11-20-18(25)15(3)12-22-6-8-27-9-7-22/h10,14-15H,4-9,11-13H2,1-3H3,(H,20,25)/t15-/m1/s1. The molecule has 8 heteroatoms. The molecule has 8 nitrogen and oxygen atoms in total. The third-order valence-corrected chi connectivity index (χ3v) is 5.18. The Morgan fingerprint density at radius 3 is 2.63 bits per heavy atom. The van der Waals surface area contributed by atoms with Crippen LogP contribution in [0.3, 0.4) is 0 Å². The van der Waals surface area contributed by atoms with E-state index >= 15 is 0 Å². The van der Waals surface area contributed by atoms with Crippen molar-refractivity contribution in [2.45, 2.75) is 40.4 Å². The van der Waals surface area contributed by atoms with Crippen LogP contribution in [0.5, 0.6) is 0 Å². The Morgan fingerprint density at radius 1 is 1.19 bits per heavy atom. The fraction of sp³-hybridized carbons (Fsp3) is 0.737. The molecular formula is C19H31N5O3. The monoisotopic (exact) mass is 377 g/mol. The Morgan fingerprint density at radius 2 is 1.93 bits per heavy atom. The summed E-state index contributed by atoms with van der Waals surface area (Å²) < 4.78 is 7.29. The predicted molar refractivity (Wildman–Crippen MR) is 101 cm³/mol. The Balaban J connectivity index is 1.49. The highest BCUT2D eigenvalue weighted by Gasteiger charge is 2.24. The zero-order valence-corrected chi connectivity index (χ0v) is 16.6. The SMILES string of the molecule is CC(C)C(=O)N1CCn2nc(CNC(=O)[C@H](C)CN3CCOCC3)cc2C1. The molecule has 0 saturated carbocycles. The molecule has 1 atom stereocenters. The highest BCUT2D eigenvalue weighted by atomic mass is 16.5. The molecule has 1 aromatic heterocycles. The second-order valence-corrected chi connectivity index (χ2v) is 7.80. The van der Waals surface area contributed by atoms with Crippen molar-refractivity contribution in [3.63, 3.8) is 0 Å². The zero-order valence-electron chi connectivity index (χ0n) is 16.6. The van der Waals surface area contributed by atoms with Crippen LogP contribution in [0, 0.1) is 11.8 Å². The van der Waals surface area contributed by atoms with E-state index < -0.39 is 0 Å². The molecule has 2 aliphatic heterocycles. The first-order valence-electron chi connectivity index (χ1n) is 9.86. The van der Waals surface area contributed by atoms with Crippen molar-refractivity contribution in [1.82, 2.24) is 24.9 Å². The number of rotatable bonds is 6. The molecule has 27 heavy (non-hydrogen) atoms. The van der Waals surface area contributed by atoms with Crippen molar-refractivity contribution in [3.8, 4) is 0 Å². The second-order valence-electron chi connectivity index (χ2n) is 7.80. The first-order chi connectivity index (χ1) is 12.9. The number of morpholine rings is 1. The third-order valence-electron chi connectivity index (χ3n) is 5.18. The van der Waals surface area contributed by atoms with Crippen molar-refractivity contribution in [2.75, 3.05) is 39.4 Å². The van der Waals surface area contributed by atoms with Crippen LogP contribution >= 0.6 is 0 Å². The number of hydrogen-bond acceptors (Lipinski definition) is 5. The molecule has 2 amide bonds. The van der Waals surface area contributed by atoms with Crippen LogP contribution in [0.1, 0.15) is 32.2 Å². The van der Waals surface area contributed by atoms with Gasteiger partial charge in [-0.25, -0.2) is 0 Å². The Labute approximate surface area is 160 Å². The van der Waals surface area contributed by atoms with Gasteiger partial charge in [-0.3, -0.25) is 19.2 Å². The van der Waals surface area contributed by atoms with Crippen LogP contribution in [-0.4, -0.2) is 70.8 Å². The van der Waals surface area contributed by atoms with Crippen LogP contribution in [-0.2, 0) is 34.0 Å². The van der Waals surface area contributed by atoms with Gasteiger partial charge in [0.25, 0.3) is 0 Å². The first-order valence-corrected chi connectivity index (χ1v) is 9.86. The summed E-state index contributed by atoms with van der Waals surface area (Å²) in [5, 5.41) is 7.57. The molecule has 0 spiro atoms. The fourth-order valence-electron chi connectivity index (χ4n) is 3.57. The molecule has 0 aromatic carbocycles. The lowest BCUT2D eigenvalue weighted by Crippen LogP contribution is -2.42. The molecule has 1 N–H and O–H groups in total. The zero-order chi connectivity index (χ0) is 19.4. The van der Waals surface area contributed by atoms with Gasteiger partial charge in [-0.2, -0.15) is 5.10 Å². The van der Waals surface area contributed by atoms with Crippen molar-refractivity contribution >= 4 is 11.8 Å². The maximum Gasteiger partial charge on any atom is 0.225 e. The minimum atomic E-state index is -0.0699. The average Bonchev–Trinajstić information content (AvgIpc) is 3.08. The summed E-state index contributed by atoms with van der Waals surface area (Å²) in [6.45, 7) is 12.2. The quantitative estimate of drug-likeness (QED) is 0.779. The van der Waals surface area contributed by atoms with Gasteiger partial charge < -0.3 is 15.0 Å². The fourth-order valence-corrected chi connectivity index (χ4v) is 3.57. The van der Waals surface area contributed by atoms with E-state index in [9.17, 15) is 9.59 Å². The van der Waals surface area contributed by atoms with Crippen molar-refractivity contribution < 1.29 is 14.3 Å². The molecule has 1 aromatic rings. The molecule has 0 aliphatic carbocycles. The van der Waals surface area contributed by atoms with Crippen LogP contribution in [0.25, 0.3) is 0 Å². The number of amides is 2. The van der Waals surface area contributed by atoms with Gasteiger partial charge in [0.15, 0.2) is 0 Å². The van der Waals surface area contributed by atoms with Gasteiger partial charge in [0.05, 0.1) is 44.2 Å². The molecule has 0 bridgehead atoms. The lowest BCUT2D eigenvalue weighted by Gasteiger charge is -2.29. The number of nitrogens with zero attached hydrogens (tertiary/aromatic N) is 4. The van der Waals surface area contributed by atoms with Crippen LogP contribution in [0.2, 0.25) is 0 Å². The smallest absolute Gasteiger partial charge is 0.225 e. The number of carbonyl (C=O) groups is 2. The third kappa shape index (κ3) is 5.07. The largest absolute Gasteiger partial charge is 0.379 e. The van der Waals surface area contributed by atoms with E-state index in [4.69, 9.17) is 4.74 Å². The van der Waals surface area contributed by atoms with Crippen molar-refractivity contribution in [3.05, 3.63) is 17.5 Å². The molecular weight excluding hydrogens is 346 g/mol.